The van der Waals surface area contributed by atoms with Gasteiger partial charge in [0.25, 0.3) is 0 Å². The number of aliphatic hydroxyl groups excluding tert-OH is 1. The molecule has 0 radical (unpaired) electrons. The number of halogens is 1. The van der Waals surface area contributed by atoms with Crippen LogP contribution in [0.2, 0.25) is 5.15 Å². The van der Waals surface area contributed by atoms with E-state index in [4.69, 9.17) is 16.7 Å². The highest BCUT2D eigenvalue weighted by molar-refractivity contribution is 6.29. The van der Waals surface area contributed by atoms with E-state index in [0.717, 1.165) is 11.3 Å². The Hall–Kier alpha value is -0.600. The molecule has 0 bridgehead atoms. The SMILES string of the molecule is Cc1nc(Cl)ccc1CCO. The fourth-order valence-corrected chi connectivity index (χ4v) is 1.13. The summed E-state index contributed by atoms with van der Waals surface area (Å²) in [4.78, 5) is 4.05. The molecule has 0 saturated carbocycles. The van der Waals surface area contributed by atoms with Gasteiger partial charge in [0.05, 0.1) is 0 Å². The van der Waals surface area contributed by atoms with E-state index in [9.17, 15) is 0 Å². The lowest BCUT2D eigenvalue weighted by Gasteiger charge is -2.01. The van der Waals surface area contributed by atoms with Crippen LogP contribution in [0.3, 0.4) is 0 Å². The summed E-state index contributed by atoms with van der Waals surface area (Å²) in [5.74, 6) is 0. The number of hydrogen-bond donors (Lipinski definition) is 1. The van der Waals surface area contributed by atoms with Crippen LogP contribution < -0.4 is 0 Å². The van der Waals surface area contributed by atoms with Gasteiger partial charge in [0.15, 0.2) is 0 Å². The first-order valence-electron chi connectivity index (χ1n) is 3.47. The molecule has 0 spiro atoms. The maximum Gasteiger partial charge on any atom is 0.129 e. The summed E-state index contributed by atoms with van der Waals surface area (Å²) in [7, 11) is 0. The first kappa shape index (κ1) is 8.50. The predicted octanol–water partition coefficient (Wildman–Crippen LogP) is 1.58. The number of pyridine rings is 1. The number of aromatic nitrogens is 1. The van der Waals surface area contributed by atoms with E-state index >= 15 is 0 Å². The molecule has 0 atom stereocenters. The second-order valence-corrected chi connectivity index (χ2v) is 2.74. The third-order valence-corrected chi connectivity index (χ3v) is 1.75. The van der Waals surface area contributed by atoms with Gasteiger partial charge >= 0.3 is 0 Å². The number of nitrogens with zero attached hydrogens (tertiary/aromatic N) is 1. The van der Waals surface area contributed by atoms with Crippen LogP contribution in [0.1, 0.15) is 11.3 Å². The van der Waals surface area contributed by atoms with Gasteiger partial charge in [0, 0.05) is 12.3 Å². The van der Waals surface area contributed by atoms with E-state index in [0.29, 0.717) is 11.6 Å². The fraction of sp³-hybridized carbons (Fsp3) is 0.375. The molecule has 11 heavy (non-hydrogen) atoms. The quantitative estimate of drug-likeness (QED) is 0.686. The maximum absolute atomic E-state index is 8.65. The molecule has 1 N–H and O–H groups in total. The molecular weight excluding hydrogens is 162 g/mol. The highest BCUT2D eigenvalue weighted by Crippen LogP contribution is 2.10. The van der Waals surface area contributed by atoms with Gasteiger partial charge in [-0.2, -0.15) is 0 Å². The van der Waals surface area contributed by atoms with Gasteiger partial charge in [-0.05, 0) is 25.0 Å². The Bertz CT molecular complexity index is 250. The van der Waals surface area contributed by atoms with E-state index in [1.807, 2.05) is 13.0 Å². The Balaban J connectivity index is 2.90. The molecule has 3 heteroatoms. The first-order chi connectivity index (χ1) is 5.24. The zero-order chi connectivity index (χ0) is 8.27. The van der Waals surface area contributed by atoms with Crippen molar-refractivity contribution in [1.82, 2.24) is 4.98 Å². The van der Waals surface area contributed by atoms with E-state index in [2.05, 4.69) is 4.98 Å². The van der Waals surface area contributed by atoms with Crippen molar-refractivity contribution in [2.45, 2.75) is 13.3 Å². The van der Waals surface area contributed by atoms with Gasteiger partial charge in [-0.15, -0.1) is 0 Å². The monoisotopic (exact) mass is 171 g/mol. The summed E-state index contributed by atoms with van der Waals surface area (Å²) < 4.78 is 0. The summed E-state index contributed by atoms with van der Waals surface area (Å²) in [6.07, 6.45) is 0.649. The van der Waals surface area contributed by atoms with Gasteiger partial charge in [-0.3, -0.25) is 0 Å². The number of rotatable bonds is 2. The van der Waals surface area contributed by atoms with E-state index in [1.165, 1.54) is 0 Å². The second-order valence-electron chi connectivity index (χ2n) is 2.35. The fourth-order valence-electron chi connectivity index (χ4n) is 0.944. The van der Waals surface area contributed by atoms with Crippen molar-refractivity contribution in [3.05, 3.63) is 28.5 Å². The van der Waals surface area contributed by atoms with E-state index in [-0.39, 0.29) is 6.61 Å². The van der Waals surface area contributed by atoms with Crippen molar-refractivity contribution in [1.29, 1.82) is 0 Å². The highest BCUT2D eigenvalue weighted by atomic mass is 35.5. The number of aliphatic hydroxyl groups is 1. The zero-order valence-electron chi connectivity index (χ0n) is 6.34. The Morgan fingerprint density at radius 1 is 1.55 bits per heavy atom. The molecule has 1 aromatic rings. The lowest BCUT2D eigenvalue weighted by molar-refractivity contribution is 0.299. The third-order valence-electron chi connectivity index (χ3n) is 1.54. The first-order valence-corrected chi connectivity index (χ1v) is 3.84. The third kappa shape index (κ3) is 2.17. The Labute approximate surface area is 70.8 Å². The predicted molar refractivity (Wildman–Crippen MR) is 44.8 cm³/mol. The Kier molecular flexibility index (Phi) is 2.85. The summed E-state index contributed by atoms with van der Waals surface area (Å²) in [6, 6.07) is 3.63. The normalized spacial score (nSPS) is 10.1. The van der Waals surface area contributed by atoms with Crippen LogP contribution in [0.4, 0.5) is 0 Å². The molecule has 1 aromatic heterocycles. The van der Waals surface area contributed by atoms with Crippen LogP contribution in [0.15, 0.2) is 12.1 Å². The summed E-state index contributed by atoms with van der Waals surface area (Å²) in [6.45, 7) is 2.04. The molecule has 0 saturated heterocycles. The van der Waals surface area contributed by atoms with Gasteiger partial charge in [0.2, 0.25) is 0 Å². The molecule has 60 valence electrons. The summed E-state index contributed by atoms with van der Waals surface area (Å²) in [5.41, 5.74) is 1.95. The lowest BCUT2D eigenvalue weighted by Crippen LogP contribution is -1.95. The highest BCUT2D eigenvalue weighted by Gasteiger charge is 1.98. The minimum Gasteiger partial charge on any atom is -0.396 e. The van der Waals surface area contributed by atoms with Crippen molar-refractivity contribution >= 4 is 11.6 Å². The maximum atomic E-state index is 8.65. The van der Waals surface area contributed by atoms with Crippen LogP contribution in [-0.2, 0) is 6.42 Å². The molecule has 1 rings (SSSR count). The minimum absolute atomic E-state index is 0.157. The molecule has 2 nitrogen and oxygen atoms in total. The van der Waals surface area contributed by atoms with Crippen LogP contribution >= 0.6 is 11.6 Å². The second kappa shape index (κ2) is 3.69. The average Bonchev–Trinajstić information content (AvgIpc) is 1.95. The van der Waals surface area contributed by atoms with Crippen LogP contribution in [-0.4, -0.2) is 16.7 Å². The van der Waals surface area contributed by atoms with Gasteiger partial charge in [0.1, 0.15) is 5.15 Å². The number of aryl methyl sites for hydroxylation is 1. The molecule has 1 heterocycles. The van der Waals surface area contributed by atoms with Crippen molar-refractivity contribution in [2.24, 2.45) is 0 Å². The van der Waals surface area contributed by atoms with Gasteiger partial charge < -0.3 is 5.11 Å². The van der Waals surface area contributed by atoms with Crippen molar-refractivity contribution in [3.63, 3.8) is 0 Å². The van der Waals surface area contributed by atoms with Gasteiger partial charge in [-0.1, -0.05) is 17.7 Å². The molecule has 0 aliphatic rings. The Morgan fingerprint density at radius 3 is 2.82 bits per heavy atom. The largest absolute Gasteiger partial charge is 0.396 e. The van der Waals surface area contributed by atoms with Gasteiger partial charge in [-0.25, -0.2) is 4.98 Å². The van der Waals surface area contributed by atoms with Crippen molar-refractivity contribution in [2.75, 3.05) is 6.61 Å². The van der Waals surface area contributed by atoms with Crippen LogP contribution in [0.25, 0.3) is 0 Å². The standard InChI is InChI=1S/C8H10ClNO/c1-6-7(4-5-11)2-3-8(9)10-6/h2-3,11H,4-5H2,1H3. The minimum atomic E-state index is 0.157. The molecule has 0 fully saturated rings. The Morgan fingerprint density at radius 2 is 2.27 bits per heavy atom. The number of hydrogen-bond acceptors (Lipinski definition) is 2. The van der Waals surface area contributed by atoms with Crippen LogP contribution in [0.5, 0.6) is 0 Å². The molecule has 0 aromatic carbocycles. The molecule has 0 unspecified atom stereocenters. The molecule has 0 amide bonds. The van der Waals surface area contributed by atoms with Crippen LogP contribution in [0, 0.1) is 6.92 Å². The van der Waals surface area contributed by atoms with Crippen molar-refractivity contribution < 1.29 is 5.11 Å². The molecule has 0 aliphatic carbocycles. The molecule has 0 aliphatic heterocycles. The molecular formula is C8H10ClNO. The average molecular weight is 172 g/mol. The zero-order valence-corrected chi connectivity index (χ0v) is 7.10. The summed E-state index contributed by atoms with van der Waals surface area (Å²) >= 11 is 5.64. The van der Waals surface area contributed by atoms with Crippen molar-refractivity contribution in [3.8, 4) is 0 Å². The lowest BCUT2D eigenvalue weighted by atomic mass is 10.1. The topological polar surface area (TPSA) is 33.1 Å². The van der Waals surface area contributed by atoms with E-state index < -0.39 is 0 Å². The van der Waals surface area contributed by atoms with E-state index in [1.54, 1.807) is 6.07 Å². The summed E-state index contributed by atoms with van der Waals surface area (Å²) in [5, 5.41) is 9.16. The smallest absolute Gasteiger partial charge is 0.129 e.